The van der Waals surface area contributed by atoms with Gasteiger partial charge < -0.3 is 19.8 Å². The number of hydrazine groups is 1. The summed E-state index contributed by atoms with van der Waals surface area (Å²) >= 11 is 0. The summed E-state index contributed by atoms with van der Waals surface area (Å²) in [5, 5.41) is 0. The smallest absolute Gasteiger partial charge is 0.158 e. The molecule has 0 bridgehead atoms. The first-order valence-corrected chi connectivity index (χ1v) is 6.46. The fourth-order valence-electron chi connectivity index (χ4n) is 2.11. The number of anilines is 2. The molecule has 7 heteroatoms. The van der Waals surface area contributed by atoms with Crippen LogP contribution in [0.1, 0.15) is 19.2 Å². The lowest BCUT2D eigenvalue weighted by Crippen LogP contribution is -2.24. The molecule has 0 aliphatic carbocycles. The van der Waals surface area contributed by atoms with Gasteiger partial charge in [-0.25, -0.2) is 15.8 Å². The highest BCUT2D eigenvalue weighted by Crippen LogP contribution is 2.22. The normalized spacial score (nSPS) is 18.9. The van der Waals surface area contributed by atoms with Crippen LogP contribution in [0.5, 0.6) is 0 Å². The van der Waals surface area contributed by atoms with Crippen LogP contribution in [0.25, 0.3) is 0 Å². The highest BCUT2D eigenvalue weighted by atomic mass is 16.5. The van der Waals surface area contributed by atoms with Crippen molar-refractivity contribution in [2.24, 2.45) is 5.84 Å². The molecule has 0 saturated carbocycles. The molecular formula is C12H21N5O2. The first-order valence-electron chi connectivity index (χ1n) is 6.46. The molecule has 106 valence electrons. The highest BCUT2D eigenvalue weighted by molar-refractivity contribution is 5.49. The molecule has 1 aliphatic rings. The lowest BCUT2D eigenvalue weighted by atomic mass is 10.3. The minimum absolute atomic E-state index is 0.264. The van der Waals surface area contributed by atoms with Crippen molar-refractivity contribution >= 4 is 11.6 Å². The second-order valence-corrected chi connectivity index (χ2v) is 4.40. The average molecular weight is 267 g/mol. The van der Waals surface area contributed by atoms with Crippen molar-refractivity contribution in [3.05, 3.63) is 11.9 Å². The minimum atomic E-state index is 0.264. The Morgan fingerprint density at radius 1 is 1.53 bits per heavy atom. The first-order chi connectivity index (χ1) is 9.26. The number of ether oxygens (including phenoxy) is 2. The molecule has 1 aliphatic heterocycles. The van der Waals surface area contributed by atoms with E-state index in [2.05, 4.69) is 20.3 Å². The van der Waals surface area contributed by atoms with Crippen LogP contribution in [0.3, 0.4) is 0 Å². The summed E-state index contributed by atoms with van der Waals surface area (Å²) in [6.07, 6.45) is 1.27. The van der Waals surface area contributed by atoms with Gasteiger partial charge in [0.1, 0.15) is 18.2 Å². The van der Waals surface area contributed by atoms with Crippen molar-refractivity contribution < 1.29 is 9.47 Å². The summed E-state index contributed by atoms with van der Waals surface area (Å²) in [6, 6.07) is 1.84. The van der Waals surface area contributed by atoms with Crippen molar-refractivity contribution in [2.45, 2.75) is 26.1 Å². The Labute approximate surface area is 113 Å². The molecule has 1 aromatic heterocycles. The van der Waals surface area contributed by atoms with Crippen molar-refractivity contribution in [2.75, 3.05) is 37.1 Å². The fraction of sp³-hybridized carbons (Fsp3) is 0.667. The summed E-state index contributed by atoms with van der Waals surface area (Å²) in [5.74, 6) is 7.53. The summed E-state index contributed by atoms with van der Waals surface area (Å²) in [6.45, 7) is 4.73. The Hall–Kier alpha value is -1.44. The maximum absolute atomic E-state index is 5.44. The molecule has 19 heavy (non-hydrogen) atoms. The molecule has 2 rings (SSSR count). The topological polar surface area (TPSA) is 85.5 Å². The molecule has 1 saturated heterocycles. The quantitative estimate of drug-likeness (QED) is 0.574. The van der Waals surface area contributed by atoms with Crippen LogP contribution in [0.2, 0.25) is 0 Å². The van der Waals surface area contributed by atoms with E-state index in [1.165, 1.54) is 0 Å². The number of hydrogen-bond acceptors (Lipinski definition) is 7. The molecule has 1 aromatic rings. The van der Waals surface area contributed by atoms with Crippen molar-refractivity contribution in [1.82, 2.24) is 9.97 Å². The summed E-state index contributed by atoms with van der Waals surface area (Å²) in [7, 11) is 1.74. The van der Waals surface area contributed by atoms with Crippen LogP contribution < -0.4 is 16.2 Å². The van der Waals surface area contributed by atoms with Crippen LogP contribution in [0, 0.1) is 0 Å². The van der Waals surface area contributed by atoms with Crippen molar-refractivity contribution in [1.29, 1.82) is 0 Å². The molecule has 0 aromatic carbocycles. The number of nitrogens with zero attached hydrogens (tertiary/aromatic N) is 3. The number of methoxy groups -OCH3 is 1. The molecular weight excluding hydrogens is 246 g/mol. The summed E-state index contributed by atoms with van der Waals surface area (Å²) in [5.41, 5.74) is 2.57. The summed E-state index contributed by atoms with van der Waals surface area (Å²) in [4.78, 5) is 11.0. The molecule has 1 atom stereocenters. The zero-order valence-corrected chi connectivity index (χ0v) is 11.4. The highest BCUT2D eigenvalue weighted by Gasteiger charge is 2.23. The van der Waals surface area contributed by atoms with Crippen LogP contribution >= 0.6 is 0 Å². The van der Waals surface area contributed by atoms with E-state index in [0.29, 0.717) is 24.9 Å². The largest absolute Gasteiger partial charge is 0.380 e. The standard InChI is InChI=1S/C12H21N5O2/c1-3-19-8-11-14-10(16-13)6-12(15-11)17-5-4-9(7-17)18-2/h6,9H,3-5,7-8,13H2,1-2H3,(H,14,15,16). The molecule has 0 radical (unpaired) electrons. The van der Waals surface area contributed by atoms with Crippen molar-refractivity contribution in [3.8, 4) is 0 Å². The zero-order chi connectivity index (χ0) is 13.7. The van der Waals surface area contributed by atoms with Gasteiger partial charge in [-0.05, 0) is 13.3 Å². The molecule has 2 heterocycles. The third-order valence-electron chi connectivity index (χ3n) is 3.14. The second kappa shape index (κ2) is 6.65. The van der Waals surface area contributed by atoms with E-state index in [1.807, 2.05) is 13.0 Å². The van der Waals surface area contributed by atoms with Crippen molar-refractivity contribution in [3.63, 3.8) is 0 Å². The number of nitrogens with two attached hydrogens (primary N) is 1. The lowest BCUT2D eigenvalue weighted by molar-refractivity contribution is 0.121. The zero-order valence-electron chi connectivity index (χ0n) is 11.4. The second-order valence-electron chi connectivity index (χ2n) is 4.40. The van der Waals surface area contributed by atoms with Gasteiger partial charge in [0, 0.05) is 32.9 Å². The molecule has 1 unspecified atom stereocenters. The monoisotopic (exact) mass is 267 g/mol. The first kappa shape index (κ1) is 14.0. The number of nitrogen functional groups attached to an aromatic ring is 1. The van der Waals surface area contributed by atoms with Gasteiger partial charge in [-0.1, -0.05) is 0 Å². The number of hydrogen-bond donors (Lipinski definition) is 2. The van der Waals surface area contributed by atoms with Gasteiger partial charge in [0.25, 0.3) is 0 Å². The number of nitrogens with one attached hydrogen (secondary N) is 1. The van der Waals surface area contributed by atoms with Crippen LogP contribution in [0.4, 0.5) is 11.6 Å². The van der Waals surface area contributed by atoms with E-state index in [0.717, 1.165) is 25.3 Å². The van der Waals surface area contributed by atoms with Gasteiger partial charge in [-0.3, -0.25) is 0 Å². The Bertz CT molecular complexity index is 415. The predicted octanol–water partition coefficient (Wildman–Crippen LogP) is 0.524. The fourth-order valence-corrected chi connectivity index (χ4v) is 2.11. The molecule has 1 fully saturated rings. The van der Waals surface area contributed by atoms with Gasteiger partial charge in [0.2, 0.25) is 0 Å². The molecule has 7 nitrogen and oxygen atoms in total. The molecule has 0 amide bonds. The number of rotatable bonds is 6. The van der Waals surface area contributed by atoms with E-state index >= 15 is 0 Å². The Morgan fingerprint density at radius 2 is 2.37 bits per heavy atom. The Morgan fingerprint density at radius 3 is 3.00 bits per heavy atom. The third kappa shape index (κ3) is 3.52. The van der Waals surface area contributed by atoms with Gasteiger partial charge in [0.05, 0.1) is 6.10 Å². The van der Waals surface area contributed by atoms with Crippen LogP contribution in [-0.2, 0) is 16.1 Å². The predicted molar refractivity (Wildman–Crippen MR) is 72.8 cm³/mol. The average Bonchev–Trinajstić information content (AvgIpc) is 2.93. The van der Waals surface area contributed by atoms with Gasteiger partial charge >= 0.3 is 0 Å². The van der Waals surface area contributed by atoms with Crippen LogP contribution in [-0.4, -0.2) is 42.9 Å². The van der Waals surface area contributed by atoms with E-state index < -0.39 is 0 Å². The molecule has 0 spiro atoms. The Balaban J connectivity index is 2.14. The van der Waals surface area contributed by atoms with E-state index in [1.54, 1.807) is 7.11 Å². The van der Waals surface area contributed by atoms with Gasteiger partial charge in [-0.2, -0.15) is 0 Å². The maximum atomic E-state index is 5.44. The van der Waals surface area contributed by atoms with Gasteiger partial charge in [-0.15, -0.1) is 0 Å². The van der Waals surface area contributed by atoms with Crippen LogP contribution in [0.15, 0.2) is 6.07 Å². The molecule has 3 N–H and O–H groups in total. The van der Waals surface area contributed by atoms with E-state index in [4.69, 9.17) is 15.3 Å². The van der Waals surface area contributed by atoms with Gasteiger partial charge in [0.15, 0.2) is 5.82 Å². The third-order valence-corrected chi connectivity index (χ3v) is 3.14. The maximum Gasteiger partial charge on any atom is 0.158 e. The lowest BCUT2D eigenvalue weighted by Gasteiger charge is -2.18. The minimum Gasteiger partial charge on any atom is -0.380 e. The van der Waals surface area contributed by atoms with E-state index in [9.17, 15) is 0 Å². The van der Waals surface area contributed by atoms with E-state index in [-0.39, 0.29) is 6.10 Å². The Kier molecular flexibility index (Phi) is 4.89. The summed E-state index contributed by atoms with van der Waals surface area (Å²) < 4.78 is 10.7. The number of aromatic nitrogens is 2. The SMILES string of the molecule is CCOCc1nc(NN)cc(N2CCC(OC)C2)n1.